The summed E-state index contributed by atoms with van der Waals surface area (Å²) in [5.74, 6) is 0.555. The van der Waals surface area contributed by atoms with Gasteiger partial charge in [0.15, 0.2) is 5.96 Å². The molecule has 0 bridgehead atoms. The van der Waals surface area contributed by atoms with Gasteiger partial charge in [-0.1, -0.05) is 6.07 Å². The maximum absolute atomic E-state index is 12.6. The van der Waals surface area contributed by atoms with Crippen LogP contribution in [-0.4, -0.2) is 36.7 Å². The Kier molecular flexibility index (Phi) is 4.29. The number of hydrogen-bond donors (Lipinski definition) is 2. The Morgan fingerprint density at radius 1 is 1.43 bits per heavy atom. The Balaban J connectivity index is 2.03. The highest BCUT2D eigenvalue weighted by atomic mass is 19.4. The van der Waals surface area contributed by atoms with E-state index in [1.807, 2.05) is 25.1 Å². The summed E-state index contributed by atoms with van der Waals surface area (Å²) in [6.07, 6.45) is -4.37. The molecule has 1 aromatic carbocycles. The van der Waals surface area contributed by atoms with Crippen molar-refractivity contribution in [3.8, 4) is 5.75 Å². The molecule has 21 heavy (non-hydrogen) atoms. The summed E-state index contributed by atoms with van der Waals surface area (Å²) in [6, 6.07) is 3.92. The maximum atomic E-state index is 12.6. The lowest BCUT2D eigenvalue weighted by molar-refractivity contribution is -0.156. The fourth-order valence-electron chi connectivity index (χ4n) is 2.31. The van der Waals surface area contributed by atoms with E-state index in [-0.39, 0.29) is 18.9 Å². The minimum absolute atomic E-state index is 0.0545. The first-order valence-electron chi connectivity index (χ1n) is 6.61. The lowest BCUT2D eigenvalue weighted by Crippen LogP contribution is -2.56. The lowest BCUT2D eigenvalue weighted by atomic mass is 10.1. The van der Waals surface area contributed by atoms with Crippen molar-refractivity contribution in [1.82, 2.24) is 10.2 Å². The molecule has 7 heteroatoms. The van der Waals surface area contributed by atoms with Crippen LogP contribution in [0.4, 0.5) is 13.2 Å². The fraction of sp³-hybridized carbons (Fsp3) is 0.500. The van der Waals surface area contributed by atoms with Crippen LogP contribution in [0.1, 0.15) is 17.5 Å². The molecule has 1 aliphatic heterocycles. The monoisotopic (exact) mass is 301 g/mol. The van der Waals surface area contributed by atoms with Crippen LogP contribution in [0, 0.1) is 12.3 Å². The van der Waals surface area contributed by atoms with Crippen LogP contribution in [0.5, 0.6) is 5.75 Å². The molecule has 4 nitrogen and oxygen atoms in total. The van der Waals surface area contributed by atoms with E-state index in [1.165, 1.54) is 0 Å². The first-order valence-corrected chi connectivity index (χ1v) is 6.61. The molecular formula is C14H18F3N3O. The molecule has 0 saturated carbocycles. The molecule has 1 fully saturated rings. The number of aryl methyl sites for hydroxylation is 1. The Morgan fingerprint density at radius 2 is 2.14 bits per heavy atom. The molecule has 0 spiro atoms. The number of nitrogens with zero attached hydrogens (tertiary/aromatic N) is 1. The van der Waals surface area contributed by atoms with Gasteiger partial charge in [0, 0.05) is 13.1 Å². The number of nitrogens with one attached hydrogen (secondary N) is 2. The van der Waals surface area contributed by atoms with Gasteiger partial charge in [0.2, 0.25) is 0 Å². The topological polar surface area (TPSA) is 48.4 Å². The number of rotatable bonds is 3. The molecule has 0 amide bonds. The number of halogens is 3. The highest BCUT2D eigenvalue weighted by molar-refractivity contribution is 5.78. The second kappa shape index (κ2) is 5.83. The second-order valence-corrected chi connectivity index (χ2v) is 5.09. The third-order valence-electron chi connectivity index (χ3n) is 3.62. The number of benzene rings is 1. The molecule has 116 valence electrons. The van der Waals surface area contributed by atoms with Crippen molar-refractivity contribution in [2.75, 3.05) is 13.7 Å². The van der Waals surface area contributed by atoms with Gasteiger partial charge >= 0.3 is 6.18 Å². The van der Waals surface area contributed by atoms with Crippen molar-refractivity contribution in [2.24, 2.45) is 0 Å². The molecule has 0 aromatic heterocycles. The highest BCUT2D eigenvalue weighted by Gasteiger charge is 2.42. The van der Waals surface area contributed by atoms with Gasteiger partial charge in [0.1, 0.15) is 11.8 Å². The predicted octanol–water partition coefficient (Wildman–Crippen LogP) is 2.66. The third-order valence-corrected chi connectivity index (χ3v) is 3.62. The van der Waals surface area contributed by atoms with Crippen LogP contribution in [0.25, 0.3) is 0 Å². The van der Waals surface area contributed by atoms with Crippen molar-refractivity contribution in [3.63, 3.8) is 0 Å². The molecule has 1 atom stereocenters. The summed E-state index contributed by atoms with van der Waals surface area (Å²) in [6.45, 7) is 2.53. The first kappa shape index (κ1) is 15.5. The molecule has 1 unspecified atom stereocenters. The van der Waals surface area contributed by atoms with E-state index in [1.54, 1.807) is 12.0 Å². The van der Waals surface area contributed by atoms with Gasteiger partial charge in [0.25, 0.3) is 0 Å². The van der Waals surface area contributed by atoms with Crippen LogP contribution >= 0.6 is 0 Å². The van der Waals surface area contributed by atoms with Crippen molar-refractivity contribution < 1.29 is 17.9 Å². The molecule has 2 N–H and O–H groups in total. The van der Waals surface area contributed by atoms with E-state index in [9.17, 15) is 13.2 Å². The maximum Gasteiger partial charge on any atom is 0.408 e. The Hall–Kier alpha value is -1.92. The zero-order chi connectivity index (χ0) is 15.6. The smallest absolute Gasteiger partial charge is 0.408 e. The van der Waals surface area contributed by atoms with Gasteiger partial charge in [0.05, 0.1) is 7.11 Å². The molecule has 1 aromatic rings. The van der Waals surface area contributed by atoms with E-state index in [0.29, 0.717) is 6.54 Å². The summed E-state index contributed by atoms with van der Waals surface area (Å²) in [7, 11) is 1.58. The summed E-state index contributed by atoms with van der Waals surface area (Å²) in [4.78, 5) is 1.61. The third kappa shape index (κ3) is 3.59. The number of alkyl halides is 3. The van der Waals surface area contributed by atoms with Crippen LogP contribution in [0.2, 0.25) is 0 Å². The average Bonchev–Trinajstić information content (AvgIpc) is 2.41. The van der Waals surface area contributed by atoms with Crippen LogP contribution in [0.15, 0.2) is 18.2 Å². The minimum atomic E-state index is -4.31. The summed E-state index contributed by atoms with van der Waals surface area (Å²) in [5.41, 5.74) is 1.95. The van der Waals surface area contributed by atoms with Crippen molar-refractivity contribution in [2.45, 2.75) is 32.1 Å². The molecule has 0 aliphatic carbocycles. The van der Waals surface area contributed by atoms with E-state index in [0.717, 1.165) is 16.9 Å². The van der Waals surface area contributed by atoms with Gasteiger partial charge < -0.3 is 15.0 Å². The zero-order valence-corrected chi connectivity index (χ0v) is 11.9. The second-order valence-electron chi connectivity index (χ2n) is 5.09. The van der Waals surface area contributed by atoms with E-state index in [2.05, 4.69) is 5.32 Å². The Labute approximate surface area is 121 Å². The molecule has 2 rings (SSSR count). The first-order chi connectivity index (χ1) is 9.81. The SMILES string of the molecule is COc1ccc(CN2CCC(C(F)(F)F)NC2=N)c(C)c1. The average molecular weight is 301 g/mol. The number of ether oxygens (including phenoxy) is 1. The lowest BCUT2D eigenvalue weighted by Gasteiger charge is -2.36. The molecule has 1 aliphatic rings. The van der Waals surface area contributed by atoms with E-state index in [4.69, 9.17) is 10.1 Å². The van der Waals surface area contributed by atoms with Gasteiger partial charge in [-0.2, -0.15) is 13.2 Å². The summed E-state index contributed by atoms with van der Waals surface area (Å²) >= 11 is 0. The van der Waals surface area contributed by atoms with Gasteiger partial charge in [-0.25, -0.2) is 0 Å². The highest BCUT2D eigenvalue weighted by Crippen LogP contribution is 2.26. The molecule has 1 saturated heterocycles. The summed E-state index contributed by atoms with van der Waals surface area (Å²) in [5, 5.41) is 9.97. The number of methoxy groups -OCH3 is 1. The fourth-order valence-corrected chi connectivity index (χ4v) is 2.31. The zero-order valence-electron chi connectivity index (χ0n) is 11.9. The van der Waals surface area contributed by atoms with Crippen molar-refractivity contribution in [3.05, 3.63) is 29.3 Å². The molecular weight excluding hydrogens is 283 g/mol. The molecule has 1 heterocycles. The molecule has 0 radical (unpaired) electrons. The van der Waals surface area contributed by atoms with Crippen molar-refractivity contribution >= 4 is 5.96 Å². The minimum Gasteiger partial charge on any atom is -0.497 e. The number of guanidine groups is 1. The van der Waals surface area contributed by atoms with Crippen LogP contribution in [0.3, 0.4) is 0 Å². The quantitative estimate of drug-likeness (QED) is 0.902. The van der Waals surface area contributed by atoms with E-state index < -0.39 is 12.2 Å². The van der Waals surface area contributed by atoms with Gasteiger partial charge in [-0.15, -0.1) is 0 Å². The summed E-state index contributed by atoms with van der Waals surface area (Å²) < 4.78 is 43.0. The predicted molar refractivity (Wildman–Crippen MR) is 73.5 cm³/mol. The standard InChI is InChI=1S/C14H18F3N3O/c1-9-7-11(21-2)4-3-10(9)8-20-6-5-12(14(15,16)17)19-13(20)18/h3-4,7,12H,5-6,8H2,1-2H3,(H2,18,19). The Morgan fingerprint density at radius 3 is 2.67 bits per heavy atom. The van der Waals surface area contributed by atoms with Crippen LogP contribution in [-0.2, 0) is 6.54 Å². The van der Waals surface area contributed by atoms with E-state index >= 15 is 0 Å². The van der Waals surface area contributed by atoms with Gasteiger partial charge in [-0.05, 0) is 36.6 Å². The Bertz CT molecular complexity index is 531. The van der Waals surface area contributed by atoms with Crippen LogP contribution < -0.4 is 10.1 Å². The largest absolute Gasteiger partial charge is 0.497 e. The number of hydrogen-bond acceptors (Lipinski definition) is 2. The van der Waals surface area contributed by atoms with Crippen molar-refractivity contribution in [1.29, 1.82) is 5.41 Å². The van der Waals surface area contributed by atoms with Gasteiger partial charge in [-0.3, -0.25) is 5.41 Å². The normalized spacial score (nSPS) is 19.4.